The molecule has 1 fully saturated rings. The maximum Gasteiger partial charge on any atom is 0.0745 e. The highest BCUT2D eigenvalue weighted by Gasteiger charge is 2.25. The first kappa shape index (κ1) is 9.19. The molecule has 0 saturated carbocycles. The van der Waals surface area contributed by atoms with Gasteiger partial charge in [0.15, 0.2) is 0 Å². The summed E-state index contributed by atoms with van der Waals surface area (Å²) in [7, 11) is 0. The van der Waals surface area contributed by atoms with Crippen LogP contribution in [0.2, 0.25) is 0 Å². The molecule has 0 spiro atoms. The van der Waals surface area contributed by atoms with E-state index in [-0.39, 0.29) is 12.0 Å². The molecule has 0 aromatic heterocycles. The van der Waals surface area contributed by atoms with Crippen molar-refractivity contribution in [3.05, 3.63) is 34.3 Å². The smallest absolute Gasteiger partial charge is 0.0745 e. The van der Waals surface area contributed by atoms with Gasteiger partial charge in [-0.1, -0.05) is 28.1 Å². The van der Waals surface area contributed by atoms with Gasteiger partial charge in [-0.05, 0) is 17.7 Å². The molecule has 2 N–H and O–H groups in total. The lowest BCUT2D eigenvalue weighted by molar-refractivity contribution is 0.178. The van der Waals surface area contributed by atoms with Crippen LogP contribution in [0.3, 0.4) is 0 Å². The van der Waals surface area contributed by atoms with E-state index < -0.39 is 0 Å². The fraction of sp³-hybridized carbons (Fsp3) is 0.400. The summed E-state index contributed by atoms with van der Waals surface area (Å²) in [6.07, 6.45) is -0.235. The average molecular weight is 242 g/mol. The molecule has 0 unspecified atom stereocenters. The summed E-state index contributed by atoms with van der Waals surface area (Å²) in [4.78, 5) is 0. The maximum atomic E-state index is 9.64. The summed E-state index contributed by atoms with van der Waals surface area (Å²) in [6, 6.07) is 8.15. The number of aliphatic hydroxyl groups excluding tert-OH is 1. The third-order valence-electron chi connectivity index (χ3n) is 2.48. The number of nitrogens with one attached hydrogen (secondary N) is 1. The van der Waals surface area contributed by atoms with Gasteiger partial charge < -0.3 is 10.4 Å². The summed E-state index contributed by atoms with van der Waals surface area (Å²) in [6.45, 7) is 1.59. The zero-order chi connectivity index (χ0) is 9.26. The van der Waals surface area contributed by atoms with Gasteiger partial charge in [-0.25, -0.2) is 0 Å². The lowest BCUT2D eigenvalue weighted by atomic mass is 9.96. The van der Waals surface area contributed by atoms with E-state index in [0.717, 1.165) is 11.0 Å². The van der Waals surface area contributed by atoms with Crippen LogP contribution < -0.4 is 5.32 Å². The van der Waals surface area contributed by atoms with E-state index in [0.29, 0.717) is 6.54 Å². The first-order valence-electron chi connectivity index (χ1n) is 4.41. The zero-order valence-corrected chi connectivity index (χ0v) is 8.79. The molecule has 1 aliphatic heterocycles. The standard InChI is InChI=1S/C10H12BrNO/c11-8-3-1-7(2-4-8)9-5-12-6-10(9)13/h1-4,9-10,12-13H,5-6H2/t9-,10+/m0/s1. The summed E-state index contributed by atoms with van der Waals surface area (Å²) in [5.74, 6) is 0.257. The Kier molecular flexibility index (Phi) is 2.67. The molecule has 70 valence electrons. The Morgan fingerprint density at radius 1 is 1.23 bits per heavy atom. The van der Waals surface area contributed by atoms with Crippen LogP contribution in [0.4, 0.5) is 0 Å². The minimum absolute atomic E-state index is 0.235. The van der Waals surface area contributed by atoms with Crippen molar-refractivity contribution in [2.75, 3.05) is 13.1 Å². The van der Waals surface area contributed by atoms with Gasteiger partial charge >= 0.3 is 0 Å². The molecule has 13 heavy (non-hydrogen) atoms. The molecule has 0 aliphatic carbocycles. The number of hydrogen-bond donors (Lipinski definition) is 2. The predicted molar refractivity (Wildman–Crippen MR) is 55.8 cm³/mol. The topological polar surface area (TPSA) is 32.3 Å². The van der Waals surface area contributed by atoms with E-state index in [4.69, 9.17) is 0 Å². The van der Waals surface area contributed by atoms with Crippen molar-refractivity contribution < 1.29 is 5.11 Å². The van der Waals surface area contributed by atoms with E-state index in [1.165, 1.54) is 5.56 Å². The average Bonchev–Trinajstić information content (AvgIpc) is 2.53. The van der Waals surface area contributed by atoms with Crippen molar-refractivity contribution in [3.8, 4) is 0 Å². The SMILES string of the molecule is O[C@@H]1CNC[C@H]1c1ccc(Br)cc1. The molecule has 1 aromatic carbocycles. The number of aliphatic hydroxyl groups is 1. The molecule has 2 rings (SSSR count). The maximum absolute atomic E-state index is 9.64. The number of hydrogen-bond acceptors (Lipinski definition) is 2. The van der Waals surface area contributed by atoms with Gasteiger partial charge in [0, 0.05) is 23.5 Å². The molecule has 0 radical (unpaired) electrons. The minimum Gasteiger partial charge on any atom is -0.391 e. The second-order valence-corrected chi connectivity index (χ2v) is 4.30. The highest BCUT2D eigenvalue weighted by Crippen LogP contribution is 2.24. The van der Waals surface area contributed by atoms with Crippen LogP contribution in [0.15, 0.2) is 28.7 Å². The Labute approximate surface area is 86.1 Å². The van der Waals surface area contributed by atoms with Gasteiger partial charge in [0.05, 0.1) is 6.10 Å². The minimum atomic E-state index is -0.235. The predicted octanol–water partition coefficient (Wildman–Crippen LogP) is 1.50. The lowest BCUT2D eigenvalue weighted by Gasteiger charge is -2.13. The third-order valence-corrected chi connectivity index (χ3v) is 3.01. The lowest BCUT2D eigenvalue weighted by Crippen LogP contribution is -2.15. The number of benzene rings is 1. The van der Waals surface area contributed by atoms with E-state index in [1.54, 1.807) is 0 Å². The summed E-state index contributed by atoms with van der Waals surface area (Å²) < 4.78 is 1.08. The van der Waals surface area contributed by atoms with Crippen molar-refractivity contribution in [2.24, 2.45) is 0 Å². The zero-order valence-electron chi connectivity index (χ0n) is 7.20. The second-order valence-electron chi connectivity index (χ2n) is 3.38. The molecular formula is C10H12BrNO. The van der Waals surface area contributed by atoms with Crippen LogP contribution in [-0.2, 0) is 0 Å². The van der Waals surface area contributed by atoms with Gasteiger partial charge in [-0.3, -0.25) is 0 Å². The Bertz CT molecular complexity index is 285. The van der Waals surface area contributed by atoms with Crippen LogP contribution >= 0.6 is 15.9 Å². The Morgan fingerprint density at radius 2 is 1.92 bits per heavy atom. The largest absolute Gasteiger partial charge is 0.391 e. The quantitative estimate of drug-likeness (QED) is 0.782. The van der Waals surface area contributed by atoms with Gasteiger partial charge in [-0.2, -0.15) is 0 Å². The third kappa shape index (κ3) is 1.93. The number of rotatable bonds is 1. The first-order chi connectivity index (χ1) is 6.27. The molecule has 0 bridgehead atoms. The normalized spacial score (nSPS) is 27.8. The van der Waals surface area contributed by atoms with Gasteiger partial charge in [0.1, 0.15) is 0 Å². The first-order valence-corrected chi connectivity index (χ1v) is 5.21. The molecule has 1 aliphatic rings. The summed E-state index contributed by atoms with van der Waals surface area (Å²) in [5, 5.41) is 12.8. The Hall–Kier alpha value is -0.380. The van der Waals surface area contributed by atoms with Crippen LogP contribution in [0, 0.1) is 0 Å². The number of halogens is 1. The molecule has 2 atom stereocenters. The fourth-order valence-electron chi connectivity index (χ4n) is 1.71. The molecule has 2 nitrogen and oxygen atoms in total. The van der Waals surface area contributed by atoms with Crippen molar-refractivity contribution in [2.45, 2.75) is 12.0 Å². The number of β-amino-alcohol motifs (C(OH)–C–C–N with tert-alkyl or cyclic N) is 1. The van der Waals surface area contributed by atoms with Crippen LogP contribution in [0.5, 0.6) is 0 Å². The Morgan fingerprint density at radius 3 is 2.46 bits per heavy atom. The molecule has 1 heterocycles. The fourth-order valence-corrected chi connectivity index (χ4v) is 1.98. The van der Waals surface area contributed by atoms with Gasteiger partial charge in [0.2, 0.25) is 0 Å². The highest BCUT2D eigenvalue weighted by molar-refractivity contribution is 9.10. The monoisotopic (exact) mass is 241 g/mol. The van der Waals surface area contributed by atoms with E-state index in [1.807, 2.05) is 12.1 Å². The van der Waals surface area contributed by atoms with E-state index in [2.05, 4.69) is 33.4 Å². The van der Waals surface area contributed by atoms with Gasteiger partial charge in [-0.15, -0.1) is 0 Å². The van der Waals surface area contributed by atoms with Gasteiger partial charge in [0.25, 0.3) is 0 Å². The summed E-state index contributed by atoms with van der Waals surface area (Å²) >= 11 is 3.39. The van der Waals surface area contributed by atoms with Crippen LogP contribution in [-0.4, -0.2) is 24.3 Å². The summed E-state index contributed by atoms with van der Waals surface area (Å²) in [5.41, 5.74) is 1.21. The van der Waals surface area contributed by atoms with E-state index in [9.17, 15) is 5.11 Å². The van der Waals surface area contributed by atoms with Crippen molar-refractivity contribution >= 4 is 15.9 Å². The Balaban J connectivity index is 2.20. The molecular weight excluding hydrogens is 230 g/mol. The molecule has 3 heteroatoms. The van der Waals surface area contributed by atoms with Crippen LogP contribution in [0.25, 0.3) is 0 Å². The van der Waals surface area contributed by atoms with Crippen molar-refractivity contribution in [3.63, 3.8) is 0 Å². The van der Waals surface area contributed by atoms with E-state index >= 15 is 0 Å². The van der Waals surface area contributed by atoms with Crippen molar-refractivity contribution in [1.82, 2.24) is 5.32 Å². The second kappa shape index (κ2) is 3.78. The van der Waals surface area contributed by atoms with Crippen molar-refractivity contribution in [1.29, 1.82) is 0 Å². The molecule has 1 aromatic rings. The molecule has 0 amide bonds. The highest BCUT2D eigenvalue weighted by atomic mass is 79.9. The van der Waals surface area contributed by atoms with Crippen LogP contribution in [0.1, 0.15) is 11.5 Å². The molecule has 1 saturated heterocycles.